The quantitative estimate of drug-likeness (QED) is 0.785. The van der Waals surface area contributed by atoms with Crippen molar-refractivity contribution in [3.05, 3.63) is 35.8 Å². The van der Waals surface area contributed by atoms with Crippen LogP contribution in [0, 0.1) is 5.82 Å². The molecule has 0 amide bonds. The molecule has 1 aliphatic carbocycles. The first-order chi connectivity index (χ1) is 11.2. The Morgan fingerprint density at radius 1 is 1.43 bits per heavy atom. The second-order valence-electron chi connectivity index (χ2n) is 6.07. The van der Waals surface area contributed by atoms with Crippen LogP contribution >= 0.6 is 0 Å². The van der Waals surface area contributed by atoms with Crippen LogP contribution in [0.25, 0.3) is 11.3 Å². The molecule has 5 nitrogen and oxygen atoms in total. The Labute approximate surface area is 135 Å². The van der Waals surface area contributed by atoms with Crippen LogP contribution in [0.1, 0.15) is 18.4 Å². The molecule has 0 spiro atoms. The predicted molar refractivity (Wildman–Crippen MR) is 87.9 cm³/mol. The fourth-order valence-electron chi connectivity index (χ4n) is 2.47. The van der Waals surface area contributed by atoms with E-state index in [0.29, 0.717) is 5.75 Å². The van der Waals surface area contributed by atoms with Crippen LogP contribution in [0.2, 0.25) is 0 Å². The summed E-state index contributed by atoms with van der Waals surface area (Å²) in [6.45, 7) is 2.62. The molecule has 1 heterocycles. The minimum atomic E-state index is -0.321. The Morgan fingerprint density at radius 3 is 2.96 bits per heavy atom. The molecule has 1 fully saturated rings. The van der Waals surface area contributed by atoms with Gasteiger partial charge in [0.05, 0.1) is 18.0 Å². The molecule has 1 aliphatic rings. The summed E-state index contributed by atoms with van der Waals surface area (Å²) < 4.78 is 19.8. The third-order valence-electron chi connectivity index (χ3n) is 3.94. The topological polar surface area (TPSA) is 53.2 Å². The van der Waals surface area contributed by atoms with E-state index < -0.39 is 0 Å². The minimum Gasteiger partial charge on any atom is -0.487 e. The number of halogens is 1. The summed E-state index contributed by atoms with van der Waals surface area (Å²) in [6, 6.07) is 5.10. The zero-order valence-corrected chi connectivity index (χ0v) is 13.6. The zero-order valence-electron chi connectivity index (χ0n) is 13.6. The van der Waals surface area contributed by atoms with E-state index in [0.717, 1.165) is 49.3 Å². The van der Waals surface area contributed by atoms with Crippen LogP contribution in [-0.2, 0) is 6.54 Å². The third kappa shape index (κ3) is 4.09. The van der Waals surface area contributed by atoms with E-state index in [9.17, 15) is 4.39 Å². The Morgan fingerprint density at radius 2 is 2.26 bits per heavy atom. The number of rotatable bonds is 8. The Hall–Kier alpha value is -1.92. The summed E-state index contributed by atoms with van der Waals surface area (Å²) in [5, 5.41) is 10.2. The zero-order chi connectivity index (χ0) is 16.2. The minimum absolute atomic E-state index is 0.193. The van der Waals surface area contributed by atoms with Gasteiger partial charge in [-0.15, -0.1) is 0 Å². The molecule has 0 unspecified atom stereocenters. The molecule has 1 saturated carbocycles. The van der Waals surface area contributed by atoms with Crippen molar-refractivity contribution >= 4 is 0 Å². The molecule has 1 aromatic carbocycles. The summed E-state index contributed by atoms with van der Waals surface area (Å²) in [4.78, 5) is 2.20. The van der Waals surface area contributed by atoms with Gasteiger partial charge >= 0.3 is 0 Å². The van der Waals surface area contributed by atoms with Crippen LogP contribution in [0.15, 0.2) is 24.4 Å². The fraction of sp³-hybridized carbons (Fsp3) is 0.471. The molecule has 0 bridgehead atoms. The summed E-state index contributed by atoms with van der Waals surface area (Å²) in [5.74, 6) is 0.0157. The number of nitrogens with one attached hydrogen (secondary N) is 2. The molecule has 3 rings (SSSR count). The SMILES string of the molecule is CNCCN(C)Cc1cn[nH]c1-c1ccc(OC2CC2)c(F)c1. The van der Waals surface area contributed by atoms with Crippen molar-refractivity contribution in [1.29, 1.82) is 0 Å². The number of aromatic amines is 1. The molecule has 124 valence electrons. The fourth-order valence-corrected chi connectivity index (χ4v) is 2.47. The number of likely N-dealkylation sites (N-methyl/N-ethyl adjacent to an activating group) is 2. The smallest absolute Gasteiger partial charge is 0.165 e. The molecule has 0 atom stereocenters. The molecule has 0 aliphatic heterocycles. The number of H-pyrrole nitrogens is 1. The molecule has 1 aromatic heterocycles. The van der Waals surface area contributed by atoms with Crippen molar-refractivity contribution in [2.75, 3.05) is 27.2 Å². The van der Waals surface area contributed by atoms with Gasteiger partial charge in [-0.2, -0.15) is 5.10 Å². The highest BCUT2D eigenvalue weighted by atomic mass is 19.1. The van der Waals surface area contributed by atoms with E-state index in [1.54, 1.807) is 12.3 Å². The van der Waals surface area contributed by atoms with Gasteiger partial charge in [0.1, 0.15) is 0 Å². The van der Waals surface area contributed by atoms with Crippen LogP contribution in [-0.4, -0.2) is 48.4 Å². The number of ether oxygens (including phenoxy) is 1. The maximum absolute atomic E-state index is 14.2. The third-order valence-corrected chi connectivity index (χ3v) is 3.94. The van der Waals surface area contributed by atoms with Gasteiger partial charge in [0, 0.05) is 30.8 Å². The van der Waals surface area contributed by atoms with Crippen LogP contribution in [0.5, 0.6) is 5.75 Å². The predicted octanol–water partition coefficient (Wildman–Crippen LogP) is 2.41. The van der Waals surface area contributed by atoms with E-state index in [1.807, 2.05) is 13.1 Å². The van der Waals surface area contributed by atoms with E-state index in [2.05, 4.69) is 27.5 Å². The van der Waals surface area contributed by atoms with Crippen LogP contribution < -0.4 is 10.1 Å². The van der Waals surface area contributed by atoms with Crippen molar-refractivity contribution in [3.63, 3.8) is 0 Å². The van der Waals surface area contributed by atoms with Gasteiger partial charge in [0.15, 0.2) is 11.6 Å². The van der Waals surface area contributed by atoms with E-state index in [4.69, 9.17) is 4.74 Å². The average Bonchev–Trinajstić information content (AvgIpc) is 3.24. The Kier molecular flexibility index (Phi) is 4.93. The van der Waals surface area contributed by atoms with Crippen molar-refractivity contribution in [1.82, 2.24) is 20.4 Å². The largest absolute Gasteiger partial charge is 0.487 e. The molecular formula is C17H23FN4O. The Bertz CT molecular complexity index is 654. The summed E-state index contributed by atoms with van der Waals surface area (Å²) in [5.41, 5.74) is 2.71. The average molecular weight is 318 g/mol. The van der Waals surface area contributed by atoms with E-state index >= 15 is 0 Å². The van der Waals surface area contributed by atoms with Gasteiger partial charge in [-0.3, -0.25) is 5.10 Å². The molecule has 0 saturated heterocycles. The first-order valence-corrected chi connectivity index (χ1v) is 7.99. The molecule has 6 heteroatoms. The highest BCUT2D eigenvalue weighted by Gasteiger charge is 2.25. The van der Waals surface area contributed by atoms with Crippen molar-refractivity contribution in [3.8, 4) is 17.0 Å². The maximum atomic E-state index is 14.2. The lowest BCUT2D eigenvalue weighted by molar-refractivity contribution is 0.287. The summed E-state index contributed by atoms with van der Waals surface area (Å²) in [7, 11) is 3.99. The highest BCUT2D eigenvalue weighted by Crippen LogP contribution is 2.31. The normalized spacial score (nSPS) is 14.4. The van der Waals surface area contributed by atoms with Gasteiger partial charge in [-0.1, -0.05) is 0 Å². The van der Waals surface area contributed by atoms with E-state index in [-0.39, 0.29) is 11.9 Å². The Balaban J connectivity index is 1.74. The van der Waals surface area contributed by atoms with Gasteiger partial charge in [0.25, 0.3) is 0 Å². The number of benzene rings is 1. The number of hydrogen-bond acceptors (Lipinski definition) is 4. The van der Waals surface area contributed by atoms with Gasteiger partial charge < -0.3 is 15.0 Å². The van der Waals surface area contributed by atoms with Crippen LogP contribution in [0.3, 0.4) is 0 Å². The molecule has 2 N–H and O–H groups in total. The van der Waals surface area contributed by atoms with Gasteiger partial charge in [-0.25, -0.2) is 4.39 Å². The summed E-state index contributed by atoms with van der Waals surface area (Å²) >= 11 is 0. The first kappa shape index (κ1) is 16.0. The standard InChI is InChI=1S/C17H23FN4O/c1-19-7-8-22(2)11-13-10-20-21-17(13)12-3-6-16(15(18)9-12)23-14-4-5-14/h3,6,9-10,14,19H,4-5,7-8,11H2,1-2H3,(H,20,21). The molecule has 23 heavy (non-hydrogen) atoms. The lowest BCUT2D eigenvalue weighted by atomic mass is 10.1. The van der Waals surface area contributed by atoms with Crippen molar-refractivity contribution < 1.29 is 9.13 Å². The molecule has 0 radical (unpaired) electrons. The number of nitrogens with zero attached hydrogens (tertiary/aromatic N) is 2. The van der Waals surface area contributed by atoms with Gasteiger partial charge in [0.2, 0.25) is 0 Å². The first-order valence-electron chi connectivity index (χ1n) is 7.99. The highest BCUT2D eigenvalue weighted by molar-refractivity contribution is 5.63. The van der Waals surface area contributed by atoms with E-state index in [1.165, 1.54) is 6.07 Å². The number of hydrogen-bond donors (Lipinski definition) is 2. The lowest BCUT2D eigenvalue weighted by Crippen LogP contribution is -2.26. The maximum Gasteiger partial charge on any atom is 0.165 e. The monoisotopic (exact) mass is 318 g/mol. The summed E-state index contributed by atoms with van der Waals surface area (Å²) in [6.07, 6.45) is 4.03. The second kappa shape index (κ2) is 7.10. The van der Waals surface area contributed by atoms with Crippen LogP contribution in [0.4, 0.5) is 4.39 Å². The van der Waals surface area contributed by atoms with Crippen molar-refractivity contribution in [2.45, 2.75) is 25.5 Å². The second-order valence-corrected chi connectivity index (χ2v) is 6.07. The molecule has 2 aromatic rings. The molecular weight excluding hydrogens is 295 g/mol. The van der Waals surface area contributed by atoms with Gasteiger partial charge in [-0.05, 0) is 45.1 Å². The lowest BCUT2D eigenvalue weighted by Gasteiger charge is -2.16. The van der Waals surface area contributed by atoms with Crippen molar-refractivity contribution in [2.24, 2.45) is 0 Å². The number of aromatic nitrogens is 2.